The minimum Gasteiger partial charge on any atom is -0.379 e. The molecule has 0 aromatic carbocycles. The summed E-state index contributed by atoms with van der Waals surface area (Å²) in [4.78, 5) is 6.68. The highest BCUT2D eigenvalue weighted by Gasteiger charge is 2.11. The smallest absolute Gasteiger partial charge is 0.172 e. The number of ether oxygens (including phenoxy) is 1. The van der Waals surface area contributed by atoms with E-state index in [4.69, 9.17) is 17.0 Å². The number of nitrogens with zero attached hydrogens (tertiary/aromatic N) is 2. The molecule has 21 heavy (non-hydrogen) atoms. The summed E-state index contributed by atoms with van der Waals surface area (Å²) in [6.07, 6.45) is 1.76. The van der Waals surface area contributed by atoms with Crippen molar-refractivity contribution in [3.63, 3.8) is 0 Å². The summed E-state index contributed by atoms with van der Waals surface area (Å²) in [5, 5.41) is 6.90. The maximum atomic E-state index is 5.32. The third-order valence-corrected chi connectivity index (χ3v) is 5.27. The van der Waals surface area contributed by atoms with E-state index in [2.05, 4.69) is 52.4 Å². The van der Waals surface area contributed by atoms with Gasteiger partial charge in [0.25, 0.3) is 0 Å². The van der Waals surface area contributed by atoms with Crippen LogP contribution in [0.2, 0.25) is 0 Å². The van der Waals surface area contributed by atoms with E-state index in [1.165, 1.54) is 0 Å². The van der Waals surface area contributed by atoms with Crippen LogP contribution in [0.1, 0.15) is 5.56 Å². The Labute approximate surface area is 147 Å². The molecule has 1 aromatic rings. The zero-order valence-electron chi connectivity index (χ0n) is 11.8. The lowest BCUT2D eigenvalue weighted by Crippen LogP contribution is -2.42. The van der Waals surface area contributed by atoms with Crippen molar-refractivity contribution in [1.29, 1.82) is 0 Å². The normalized spacial score (nSPS) is 15.8. The monoisotopic (exact) mass is 436 g/mol. The molecule has 8 heteroatoms. The standard InChI is InChI=1S/C13H18Br2N4OS/c1-9-10(14)8-17-12(11(9)15)18-13(21)16-2-3-19-4-6-20-7-5-19/h8H,2-7H2,1H3,(H2,16,17,18,21). The third-order valence-electron chi connectivity index (χ3n) is 3.25. The molecule has 0 radical (unpaired) electrons. The van der Waals surface area contributed by atoms with Gasteiger partial charge in [-0.25, -0.2) is 4.98 Å². The van der Waals surface area contributed by atoms with E-state index in [0.717, 1.165) is 59.7 Å². The molecule has 2 heterocycles. The van der Waals surface area contributed by atoms with Crippen LogP contribution in [0.15, 0.2) is 15.1 Å². The number of anilines is 1. The fourth-order valence-electron chi connectivity index (χ4n) is 1.95. The van der Waals surface area contributed by atoms with E-state index in [9.17, 15) is 0 Å². The van der Waals surface area contributed by atoms with Crippen LogP contribution in [0.4, 0.5) is 5.82 Å². The summed E-state index contributed by atoms with van der Waals surface area (Å²) < 4.78 is 7.20. The van der Waals surface area contributed by atoms with E-state index in [0.29, 0.717) is 5.11 Å². The van der Waals surface area contributed by atoms with Gasteiger partial charge in [-0.15, -0.1) is 0 Å². The first-order chi connectivity index (χ1) is 10.1. The second-order valence-corrected chi connectivity index (χ2v) is 6.78. The lowest BCUT2D eigenvalue weighted by atomic mass is 10.3. The fourth-order valence-corrected chi connectivity index (χ4v) is 3.13. The minimum atomic E-state index is 0.582. The van der Waals surface area contributed by atoms with E-state index in [1.807, 2.05) is 6.92 Å². The first-order valence-electron chi connectivity index (χ1n) is 6.73. The van der Waals surface area contributed by atoms with Crippen LogP contribution >= 0.6 is 44.1 Å². The molecule has 2 N–H and O–H groups in total. The summed E-state index contributed by atoms with van der Waals surface area (Å²) in [6, 6.07) is 0. The predicted molar refractivity (Wildman–Crippen MR) is 95.9 cm³/mol. The Morgan fingerprint density at radius 3 is 2.86 bits per heavy atom. The molecular formula is C13H18Br2N4OS. The van der Waals surface area contributed by atoms with Crippen LogP contribution in [-0.2, 0) is 4.74 Å². The molecule has 1 fully saturated rings. The van der Waals surface area contributed by atoms with Crippen molar-refractivity contribution in [3.05, 3.63) is 20.7 Å². The van der Waals surface area contributed by atoms with E-state index >= 15 is 0 Å². The van der Waals surface area contributed by atoms with Gasteiger partial charge < -0.3 is 15.4 Å². The molecule has 1 saturated heterocycles. The molecule has 116 valence electrons. The van der Waals surface area contributed by atoms with Gasteiger partial charge in [0.2, 0.25) is 0 Å². The van der Waals surface area contributed by atoms with Gasteiger partial charge in [0.05, 0.1) is 17.7 Å². The summed E-state index contributed by atoms with van der Waals surface area (Å²) >= 11 is 12.3. The van der Waals surface area contributed by atoms with Crippen molar-refractivity contribution in [1.82, 2.24) is 15.2 Å². The molecule has 5 nitrogen and oxygen atoms in total. The lowest BCUT2D eigenvalue weighted by Gasteiger charge is -2.26. The van der Waals surface area contributed by atoms with Gasteiger partial charge in [-0.1, -0.05) is 0 Å². The molecule has 0 bridgehead atoms. The summed E-state index contributed by atoms with van der Waals surface area (Å²) in [5.41, 5.74) is 1.09. The SMILES string of the molecule is Cc1c(Br)cnc(NC(=S)NCCN2CCOCC2)c1Br. The zero-order chi connectivity index (χ0) is 15.2. The highest BCUT2D eigenvalue weighted by molar-refractivity contribution is 9.11. The topological polar surface area (TPSA) is 49.4 Å². The number of pyridine rings is 1. The molecule has 1 aromatic heterocycles. The maximum absolute atomic E-state index is 5.32. The molecule has 0 saturated carbocycles. The average molecular weight is 438 g/mol. The molecule has 0 amide bonds. The number of thiocarbonyl (C=S) groups is 1. The number of halogens is 2. The molecule has 1 aliphatic heterocycles. The van der Waals surface area contributed by atoms with Gasteiger partial charge in [0, 0.05) is 36.8 Å². The third kappa shape index (κ3) is 5.14. The molecule has 0 unspecified atom stereocenters. The van der Waals surface area contributed by atoms with Crippen LogP contribution in [0.5, 0.6) is 0 Å². The first kappa shape index (κ1) is 17.1. The molecule has 2 rings (SSSR count). The zero-order valence-corrected chi connectivity index (χ0v) is 15.8. The number of hydrogen-bond acceptors (Lipinski definition) is 4. The van der Waals surface area contributed by atoms with Gasteiger partial charge in [-0.2, -0.15) is 0 Å². The van der Waals surface area contributed by atoms with Crippen molar-refractivity contribution < 1.29 is 4.74 Å². The summed E-state index contributed by atoms with van der Waals surface area (Å²) in [5.74, 6) is 0.722. The van der Waals surface area contributed by atoms with E-state index in [1.54, 1.807) is 6.20 Å². The van der Waals surface area contributed by atoms with Gasteiger partial charge >= 0.3 is 0 Å². The highest BCUT2D eigenvalue weighted by atomic mass is 79.9. The number of aromatic nitrogens is 1. The van der Waals surface area contributed by atoms with Gasteiger partial charge in [0.1, 0.15) is 5.82 Å². The Kier molecular flexibility index (Phi) is 6.81. The van der Waals surface area contributed by atoms with Crippen molar-refractivity contribution in [2.75, 3.05) is 44.7 Å². The van der Waals surface area contributed by atoms with Crippen molar-refractivity contribution in [2.45, 2.75) is 6.92 Å². The number of hydrogen-bond donors (Lipinski definition) is 2. The van der Waals surface area contributed by atoms with Crippen molar-refractivity contribution >= 4 is 55.0 Å². The highest BCUT2D eigenvalue weighted by Crippen LogP contribution is 2.29. The van der Waals surface area contributed by atoms with Crippen LogP contribution < -0.4 is 10.6 Å². The Hall–Kier alpha value is -0.280. The number of morpholine rings is 1. The number of rotatable bonds is 4. The van der Waals surface area contributed by atoms with Crippen LogP contribution in [0.25, 0.3) is 0 Å². The second kappa shape index (κ2) is 8.38. The van der Waals surface area contributed by atoms with E-state index < -0.39 is 0 Å². The van der Waals surface area contributed by atoms with Crippen LogP contribution in [0, 0.1) is 6.92 Å². The Balaban J connectivity index is 1.78. The Morgan fingerprint density at radius 1 is 1.43 bits per heavy atom. The average Bonchev–Trinajstić information content (AvgIpc) is 2.49. The van der Waals surface area contributed by atoms with Crippen molar-refractivity contribution in [2.24, 2.45) is 0 Å². The molecule has 1 aliphatic rings. The summed E-state index contributed by atoms with van der Waals surface area (Å²) in [6.45, 7) is 7.38. The second-order valence-electron chi connectivity index (χ2n) is 4.73. The molecule has 0 aliphatic carbocycles. The Morgan fingerprint density at radius 2 is 2.14 bits per heavy atom. The van der Waals surface area contributed by atoms with Gasteiger partial charge in [-0.3, -0.25) is 4.90 Å². The van der Waals surface area contributed by atoms with Crippen LogP contribution in [0.3, 0.4) is 0 Å². The minimum absolute atomic E-state index is 0.582. The quantitative estimate of drug-likeness (QED) is 0.706. The maximum Gasteiger partial charge on any atom is 0.172 e. The number of nitrogens with one attached hydrogen (secondary N) is 2. The first-order valence-corrected chi connectivity index (χ1v) is 8.73. The van der Waals surface area contributed by atoms with Crippen LogP contribution in [-0.4, -0.2) is 54.4 Å². The van der Waals surface area contributed by atoms with Gasteiger partial charge in [-0.05, 0) is 56.6 Å². The lowest BCUT2D eigenvalue weighted by molar-refractivity contribution is 0.0389. The van der Waals surface area contributed by atoms with E-state index in [-0.39, 0.29) is 0 Å². The molecule has 0 atom stereocenters. The van der Waals surface area contributed by atoms with Gasteiger partial charge in [0.15, 0.2) is 5.11 Å². The molecular weight excluding hydrogens is 420 g/mol. The largest absolute Gasteiger partial charge is 0.379 e. The fraction of sp³-hybridized carbons (Fsp3) is 0.538. The predicted octanol–water partition coefficient (Wildman–Crippen LogP) is 2.53. The molecule has 0 spiro atoms. The summed E-state index contributed by atoms with van der Waals surface area (Å²) in [7, 11) is 0. The Bertz CT molecular complexity index is 509. The van der Waals surface area contributed by atoms with Crippen molar-refractivity contribution in [3.8, 4) is 0 Å².